The lowest BCUT2D eigenvalue weighted by Crippen LogP contribution is -2.38. The molecule has 30 heavy (non-hydrogen) atoms. The number of nitrogens with zero attached hydrogens (tertiary/aromatic N) is 2. The molecule has 0 spiro atoms. The number of hydrogen-bond acceptors (Lipinski definition) is 3. The Balaban J connectivity index is 1.60. The van der Waals surface area contributed by atoms with E-state index in [4.69, 9.17) is 0 Å². The lowest BCUT2D eigenvalue weighted by Gasteiger charge is -2.22. The number of carbonyl (C=O) groups excluding carboxylic acids is 1. The first-order valence-electron chi connectivity index (χ1n) is 10.4. The normalized spacial score (nSPS) is 15.9. The number of sulfonamides is 1. The van der Waals surface area contributed by atoms with Crippen molar-refractivity contribution in [1.29, 1.82) is 0 Å². The van der Waals surface area contributed by atoms with E-state index in [9.17, 15) is 17.6 Å². The summed E-state index contributed by atoms with van der Waals surface area (Å²) >= 11 is 0. The first-order valence-corrected chi connectivity index (χ1v) is 11.8. The maximum Gasteiger partial charge on any atom is 0.243 e. The van der Waals surface area contributed by atoms with Gasteiger partial charge in [-0.15, -0.1) is 0 Å². The average molecular weight is 433 g/mol. The topological polar surface area (TPSA) is 57.7 Å². The number of amides is 1. The third kappa shape index (κ3) is 5.67. The predicted octanol–water partition coefficient (Wildman–Crippen LogP) is 3.49. The number of halogens is 1. The van der Waals surface area contributed by atoms with E-state index in [0.29, 0.717) is 38.4 Å². The molecule has 1 aliphatic rings. The molecule has 0 bridgehead atoms. The van der Waals surface area contributed by atoms with Crippen LogP contribution in [0.2, 0.25) is 0 Å². The monoisotopic (exact) mass is 432 g/mol. The smallest absolute Gasteiger partial charge is 0.243 e. The Morgan fingerprint density at radius 2 is 1.57 bits per heavy atom. The molecule has 0 N–H and O–H groups in total. The molecule has 162 valence electrons. The van der Waals surface area contributed by atoms with Crippen LogP contribution in [-0.4, -0.2) is 49.7 Å². The molecule has 5 nitrogen and oxygen atoms in total. The van der Waals surface area contributed by atoms with Crippen LogP contribution in [0.25, 0.3) is 0 Å². The first kappa shape index (κ1) is 22.4. The Morgan fingerprint density at radius 1 is 0.933 bits per heavy atom. The number of carbonyl (C=O) groups is 1. The lowest BCUT2D eigenvalue weighted by atomic mass is 10.0. The molecule has 0 unspecified atom stereocenters. The summed E-state index contributed by atoms with van der Waals surface area (Å²) in [6.07, 6.45) is 1.89. The SMILES string of the molecule is CC(C)Cc1ccc(CC(=O)N2CCCN(S(=O)(=O)c3ccc(F)cc3)CC2)cc1. The van der Waals surface area contributed by atoms with E-state index < -0.39 is 15.8 Å². The zero-order valence-corrected chi connectivity index (χ0v) is 18.4. The van der Waals surface area contributed by atoms with Gasteiger partial charge in [0, 0.05) is 26.2 Å². The summed E-state index contributed by atoms with van der Waals surface area (Å²) in [7, 11) is -3.70. The Hall–Kier alpha value is -2.25. The first-order chi connectivity index (χ1) is 14.3. The summed E-state index contributed by atoms with van der Waals surface area (Å²) in [5, 5.41) is 0. The van der Waals surface area contributed by atoms with Gasteiger partial charge in [0.2, 0.25) is 15.9 Å². The Kier molecular flexibility index (Phi) is 7.26. The van der Waals surface area contributed by atoms with E-state index in [0.717, 1.165) is 24.1 Å². The van der Waals surface area contributed by atoms with Gasteiger partial charge < -0.3 is 4.90 Å². The highest BCUT2D eigenvalue weighted by Gasteiger charge is 2.28. The summed E-state index contributed by atoms with van der Waals surface area (Å²) in [4.78, 5) is 14.6. The molecule has 1 heterocycles. The minimum Gasteiger partial charge on any atom is -0.341 e. The molecule has 0 saturated carbocycles. The summed E-state index contributed by atoms with van der Waals surface area (Å²) < 4.78 is 40.2. The molecule has 0 radical (unpaired) electrons. The van der Waals surface area contributed by atoms with Crippen molar-refractivity contribution >= 4 is 15.9 Å². The highest BCUT2D eigenvalue weighted by molar-refractivity contribution is 7.89. The van der Waals surface area contributed by atoms with Gasteiger partial charge in [-0.05, 0) is 54.2 Å². The second-order valence-electron chi connectivity index (χ2n) is 8.18. The van der Waals surface area contributed by atoms with E-state index in [1.54, 1.807) is 4.90 Å². The molecular weight excluding hydrogens is 403 g/mol. The van der Waals surface area contributed by atoms with Crippen LogP contribution in [0.5, 0.6) is 0 Å². The molecule has 1 saturated heterocycles. The van der Waals surface area contributed by atoms with Crippen LogP contribution in [0.4, 0.5) is 4.39 Å². The zero-order valence-electron chi connectivity index (χ0n) is 17.6. The number of hydrogen-bond donors (Lipinski definition) is 0. The van der Waals surface area contributed by atoms with Crippen molar-refractivity contribution in [2.24, 2.45) is 5.92 Å². The van der Waals surface area contributed by atoms with Crippen LogP contribution >= 0.6 is 0 Å². The quantitative estimate of drug-likeness (QED) is 0.702. The fourth-order valence-corrected chi connectivity index (χ4v) is 5.16. The van der Waals surface area contributed by atoms with Gasteiger partial charge in [0.05, 0.1) is 11.3 Å². The van der Waals surface area contributed by atoms with Crippen molar-refractivity contribution in [3.05, 3.63) is 65.5 Å². The van der Waals surface area contributed by atoms with E-state index in [1.165, 1.54) is 22.0 Å². The van der Waals surface area contributed by atoms with Crippen LogP contribution < -0.4 is 0 Å². The van der Waals surface area contributed by atoms with Gasteiger partial charge in [-0.3, -0.25) is 4.79 Å². The van der Waals surface area contributed by atoms with Crippen LogP contribution in [-0.2, 0) is 27.7 Å². The third-order valence-electron chi connectivity index (χ3n) is 5.28. The summed E-state index contributed by atoms with van der Waals surface area (Å²) in [6.45, 7) is 5.81. The predicted molar refractivity (Wildman–Crippen MR) is 115 cm³/mol. The largest absolute Gasteiger partial charge is 0.341 e. The van der Waals surface area contributed by atoms with Gasteiger partial charge in [-0.1, -0.05) is 38.1 Å². The van der Waals surface area contributed by atoms with Crippen molar-refractivity contribution in [3.8, 4) is 0 Å². The minimum atomic E-state index is -3.70. The minimum absolute atomic E-state index is 0.00707. The summed E-state index contributed by atoms with van der Waals surface area (Å²) in [5.74, 6) is 0.121. The third-order valence-corrected chi connectivity index (χ3v) is 7.19. The van der Waals surface area contributed by atoms with Crippen LogP contribution in [0.3, 0.4) is 0 Å². The van der Waals surface area contributed by atoms with E-state index >= 15 is 0 Å². The molecule has 0 atom stereocenters. The zero-order chi connectivity index (χ0) is 21.7. The van der Waals surface area contributed by atoms with Gasteiger partial charge in [0.1, 0.15) is 5.82 Å². The molecule has 1 aliphatic heterocycles. The lowest BCUT2D eigenvalue weighted by molar-refractivity contribution is -0.130. The van der Waals surface area contributed by atoms with Crippen LogP contribution in [0, 0.1) is 11.7 Å². The second kappa shape index (κ2) is 9.71. The molecule has 1 amide bonds. The molecule has 0 aliphatic carbocycles. The second-order valence-corrected chi connectivity index (χ2v) is 10.1. The highest BCUT2D eigenvalue weighted by atomic mass is 32.2. The number of benzene rings is 2. The van der Waals surface area contributed by atoms with Crippen LogP contribution in [0.15, 0.2) is 53.4 Å². The van der Waals surface area contributed by atoms with E-state index in [1.807, 2.05) is 12.1 Å². The maximum atomic E-state index is 13.1. The Bertz CT molecular complexity index is 957. The fraction of sp³-hybridized carbons (Fsp3) is 0.435. The standard InChI is InChI=1S/C23H29FN2O3S/c1-18(2)16-19-4-6-20(7-5-19)17-23(27)25-12-3-13-26(15-14-25)30(28,29)22-10-8-21(24)9-11-22/h4-11,18H,3,12-17H2,1-2H3. The maximum absolute atomic E-state index is 13.1. The molecule has 0 aromatic heterocycles. The van der Waals surface area contributed by atoms with Crippen molar-refractivity contribution < 1.29 is 17.6 Å². The van der Waals surface area contributed by atoms with E-state index in [2.05, 4.69) is 26.0 Å². The van der Waals surface area contributed by atoms with Gasteiger partial charge in [-0.25, -0.2) is 12.8 Å². The molecule has 2 aromatic rings. The molecule has 7 heteroatoms. The van der Waals surface area contributed by atoms with Crippen molar-refractivity contribution in [2.45, 2.75) is 38.0 Å². The van der Waals surface area contributed by atoms with Crippen molar-refractivity contribution in [1.82, 2.24) is 9.21 Å². The number of rotatable bonds is 6. The molecule has 3 rings (SSSR count). The average Bonchev–Trinajstić information content (AvgIpc) is 2.96. The van der Waals surface area contributed by atoms with Gasteiger partial charge in [0.15, 0.2) is 0 Å². The van der Waals surface area contributed by atoms with E-state index in [-0.39, 0.29) is 17.3 Å². The molecular formula is C23H29FN2O3S. The highest BCUT2D eigenvalue weighted by Crippen LogP contribution is 2.19. The van der Waals surface area contributed by atoms with Crippen molar-refractivity contribution in [3.63, 3.8) is 0 Å². The van der Waals surface area contributed by atoms with Gasteiger partial charge >= 0.3 is 0 Å². The van der Waals surface area contributed by atoms with Crippen molar-refractivity contribution in [2.75, 3.05) is 26.2 Å². The van der Waals surface area contributed by atoms with Gasteiger partial charge in [0.25, 0.3) is 0 Å². The van der Waals surface area contributed by atoms with Crippen LogP contribution in [0.1, 0.15) is 31.4 Å². The van der Waals surface area contributed by atoms with Gasteiger partial charge in [-0.2, -0.15) is 4.31 Å². The molecule has 2 aromatic carbocycles. The Labute approximate surface area is 178 Å². The summed E-state index contributed by atoms with van der Waals surface area (Å²) in [6, 6.07) is 13.0. The fourth-order valence-electron chi connectivity index (χ4n) is 3.69. The molecule has 1 fully saturated rings. The Morgan fingerprint density at radius 3 is 2.20 bits per heavy atom. The summed E-state index contributed by atoms with van der Waals surface area (Å²) in [5.41, 5.74) is 2.23.